The number of methoxy groups -OCH3 is 1. The lowest BCUT2D eigenvalue weighted by Crippen LogP contribution is -2.43. The summed E-state index contributed by atoms with van der Waals surface area (Å²) in [5.74, 6) is 1.31. The van der Waals surface area contributed by atoms with Gasteiger partial charge < -0.3 is 30.3 Å². The number of rotatable bonds is 8. The minimum Gasteiger partial charge on any atom is -0.497 e. The van der Waals surface area contributed by atoms with Crippen molar-refractivity contribution in [3.8, 4) is 17.4 Å². The van der Waals surface area contributed by atoms with Gasteiger partial charge in [-0.2, -0.15) is 4.98 Å². The van der Waals surface area contributed by atoms with Gasteiger partial charge in [0.15, 0.2) is 0 Å². The molecule has 1 fully saturated rings. The molecule has 0 atom stereocenters. The summed E-state index contributed by atoms with van der Waals surface area (Å²) in [5.41, 5.74) is 4.90. The average molecular weight is 525 g/mol. The molecule has 0 spiro atoms. The molecule has 0 bridgehead atoms. The smallest absolute Gasteiger partial charge is 0.262 e. The SMILES string of the molecule is COc1ccc(Oc2nc(Nc3ccc(N4CCNCC4)cc3)ncc2C(=O)Nc2c(C)cccc2C)cc1. The molecule has 4 aromatic rings. The maximum absolute atomic E-state index is 13.4. The third-order valence-corrected chi connectivity index (χ3v) is 6.60. The summed E-state index contributed by atoms with van der Waals surface area (Å²) in [4.78, 5) is 24.7. The van der Waals surface area contributed by atoms with Crippen molar-refractivity contribution in [1.82, 2.24) is 15.3 Å². The quantitative estimate of drug-likeness (QED) is 0.286. The average Bonchev–Trinajstić information content (AvgIpc) is 2.96. The number of aromatic nitrogens is 2. The standard InChI is InChI=1S/C30H32N6O3/c1-20-5-4-6-21(2)27(20)34-28(37)26-19-32-30(35-29(26)39-25-13-11-24(38-3)12-14-25)33-22-7-9-23(10-8-22)36-17-15-31-16-18-36/h4-14,19,31H,15-18H2,1-3H3,(H,34,37)(H,32,33,35). The third kappa shape index (κ3) is 6.27. The Kier molecular flexibility index (Phi) is 7.88. The zero-order chi connectivity index (χ0) is 27.2. The van der Waals surface area contributed by atoms with Crippen LogP contribution in [0.3, 0.4) is 0 Å². The molecule has 39 heavy (non-hydrogen) atoms. The fourth-order valence-electron chi connectivity index (χ4n) is 4.42. The van der Waals surface area contributed by atoms with Gasteiger partial charge in [0.05, 0.1) is 7.11 Å². The second-order valence-electron chi connectivity index (χ2n) is 9.32. The summed E-state index contributed by atoms with van der Waals surface area (Å²) in [6.07, 6.45) is 1.48. The fourth-order valence-corrected chi connectivity index (χ4v) is 4.42. The molecule has 9 heteroatoms. The number of amides is 1. The van der Waals surface area contributed by atoms with E-state index in [9.17, 15) is 4.79 Å². The highest BCUT2D eigenvalue weighted by Gasteiger charge is 2.19. The van der Waals surface area contributed by atoms with Gasteiger partial charge in [0.25, 0.3) is 5.91 Å². The number of anilines is 4. The van der Waals surface area contributed by atoms with Crippen LogP contribution in [0.5, 0.6) is 17.4 Å². The molecule has 200 valence electrons. The summed E-state index contributed by atoms with van der Waals surface area (Å²) >= 11 is 0. The third-order valence-electron chi connectivity index (χ3n) is 6.60. The van der Waals surface area contributed by atoms with Crippen molar-refractivity contribution in [3.05, 3.63) is 89.6 Å². The molecule has 0 aliphatic carbocycles. The maximum Gasteiger partial charge on any atom is 0.262 e. The van der Waals surface area contributed by atoms with Gasteiger partial charge >= 0.3 is 0 Å². The first-order valence-electron chi connectivity index (χ1n) is 12.9. The van der Waals surface area contributed by atoms with Gasteiger partial charge in [-0.05, 0) is 73.5 Å². The number of hydrogen-bond donors (Lipinski definition) is 3. The van der Waals surface area contributed by atoms with E-state index >= 15 is 0 Å². The molecule has 1 aliphatic rings. The number of nitrogens with zero attached hydrogens (tertiary/aromatic N) is 3. The second kappa shape index (κ2) is 11.8. The molecule has 0 radical (unpaired) electrons. The van der Waals surface area contributed by atoms with Crippen LogP contribution in [0.2, 0.25) is 0 Å². The zero-order valence-corrected chi connectivity index (χ0v) is 22.3. The Morgan fingerprint density at radius 1 is 0.923 bits per heavy atom. The number of benzene rings is 3. The van der Waals surface area contributed by atoms with Crippen LogP contribution in [0, 0.1) is 13.8 Å². The van der Waals surface area contributed by atoms with Crippen molar-refractivity contribution in [2.45, 2.75) is 13.8 Å². The highest BCUT2D eigenvalue weighted by atomic mass is 16.5. The zero-order valence-electron chi connectivity index (χ0n) is 22.3. The van der Waals surface area contributed by atoms with Crippen molar-refractivity contribution >= 4 is 28.9 Å². The number of carbonyl (C=O) groups is 1. The number of carbonyl (C=O) groups excluding carboxylic acids is 1. The monoisotopic (exact) mass is 524 g/mol. The Labute approximate surface area is 228 Å². The van der Waals surface area contributed by atoms with E-state index in [4.69, 9.17) is 9.47 Å². The van der Waals surface area contributed by atoms with Gasteiger partial charge in [0.1, 0.15) is 17.1 Å². The van der Waals surface area contributed by atoms with Crippen LogP contribution in [0.15, 0.2) is 72.9 Å². The molecule has 1 aliphatic heterocycles. The maximum atomic E-state index is 13.4. The first-order valence-corrected chi connectivity index (χ1v) is 12.9. The first kappa shape index (κ1) is 26.0. The molecule has 3 N–H and O–H groups in total. The molecule has 1 saturated heterocycles. The van der Waals surface area contributed by atoms with Crippen molar-refractivity contribution in [2.75, 3.05) is 48.8 Å². The molecule has 5 rings (SSSR count). The summed E-state index contributed by atoms with van der Waals surface area (Å²) in [5, 5.41) is 9.60. The van der Waals surface area contributed by atoms with Crippen LogP contribution in [-0.4, -0.2) is 49.2 Å². The summed E-state index contributed by atoms with van der Waals surface area (Å²) in [7, 11) is 1.60. The molecular formula is C30H32N6O3. The Morgan fingerprint density at radius 2 is 1.59 bits per heavy atom. The van der Waals surface area contributed by atoms with Crippen molar-refractivity contribution in [2.24, 2.45) is 0 Å². The highest BCUT2D eigenvalue weighted by Crippen LogP contribution is 2.29. The molecule has 9 nitrogen and oxygen atoms in total. The normalized spacial score (nSPS) is 13.1. The largest absolute Gasteiger partial charge is 0.497 e. The van der Waals surface area contributed by atoms with E-state index < -0.39 is 0 Å². The lowest BCUT2D eigenvalue weighted by atomic mass is 10.1. The van der Waals surface area contributed by atoms with Gasteiger partial charge in [-0.3, -0.25) is 4.79 Å². The Balaban J connectivity index is 1.40. The van der Waals surface area contributed by atoms with Crippen molar-refractivity contribution in [3.63, 3.8) is 0 Å². The van der Waals surface area contributed by atoms with Gasteiger partial charge in [0, 0.05) is 49.4 Å². The van der Waals surface area contributed by atoms with Crippen molar-refractivity contribution < 1.29 is 14.3 Å². The lowest BCUT2D eigenvalue weighted by molar-refractivity contribution is 0.102. The Morgan fingerprint density at radius 3 is 2.26 bits per heavy atom. The number of aryl methyl sites for hydroxylation is 2. The number of hydrogen-bond acceptors (Lipinski definition) is 8. The Bertz CT molecular complexity index is 1410. The number of nitrogens with one attached hydrogen (secondary N) is 3. The van der Waals surface area contributed by atoms with Gasteiger partial charge in [-0.15, -0.1) is 0 Å². The number of piperazine rings is 1. The number of ether oxygens (including phenoxy) is 2. The summed E-state index contributed by atoms with van der Waals surface area (Å²) in [6.45, 7) is 7.83. The summed E-state index contributed by atoms with van der Waals surface area (Å²) in [6, 6.07) is 21.1. The van der Waals surface area contributed by atoms with E-state index in [1.54, 1.807) is 31.4 Å². The molecule has 0 unspecified atom stereocenters. The fraction of sp³-hybridized carbons (Fsp3) is 0.233. The van der Waals surface area contributed by atoms with Crippen LogP contribution in [0.25, 0.3) is 0 Å². The molecule has 1 aromatic heterocycles. The second-order valence-corrected chi connectivity index (χ2v) is 9.32. The minimum absolute atomic E-state index is 0.138. The van der Waals surface area contributed by atoms with Crippen LogP contribution in [-0.2, 0) is 0 Å². The van der Waals surface area contributed by atoms with E-state index in [1.807, 2.05) is 44.2 Å². The molecule has 0 saturated carbocycles. The van der Waals surface area contributed by atoms with Crippen LogP contribution in [0.1, 0.15) is 21.5 Å². The van der Waals surface area contributed by atoms with Gasteiger partial charge in [-0.1, -0.05) is 18.2 Å². The number of para-hydroxylation sites is 1. The van der Waals surface area contributed by atoms with E-state index in [1.165, 1.54) is 11.9 Å². The topological polar surface area (TPSA) is 101 Å². The van der Waals surface area contributed by atoms with Crippen LogP contribution >= 0.6 is 0 Å². The minimum atomic E-state index is -0.358. The highest BCUT2D eigenvalue weighted by molar-refractivity contribution is 6.06. The van der Waals surface area contributed by atoms with Gasteiger partial charge in [0.2, 0.25) is 11.8 Å². The summed E-state index contributed by atoms with van der Waals surface area (Å²) < 4.78 is 11.3. The van der Waals surface area contributed by atoms with E-state index in [-0.39, 0.29) is 17.4 Å². The van der Waals surface area contributed by atoms with E-state index in [0.717, 1.165) is 48.7 Å². The predicted octanol–water partition coefficient (Wildman–Crippen LogP) is 5.30. The van der Waals surface area contributed by atoms with Gasteiger partial charge in [-0.25, -0.2) is 4.98 Å². The van der Waals surface area contributed by atoms with E-state index in [2.05, 4.69) is 43.0 Å². The molecular weight excluding hydrogens is 492 g/mol. The van der Waals surface area contributed by atoms with Crippen molar-refractivity contribution in [1.29, 1.82) is 0 Å². The Hall–Kier alpha value is -4.63. The van der Waals surface area contributed by atoms with Crippen LogP contribution in [0.4, 0.5) is 23.0 Å². The molecule has 2 heterocycles. The van der Waals surface area contributed by atoms with E-state index in [0.29, 0.717) is 17.4 Å². The lowest BCUT2D eigenvalue weighted by Gasteiger charge is -2.29. The predicted molar refractivity (Wildman–Crippen MR) is 154 cm³/mol. The molecule has 3 aromatic carbocycles. The first-order chi connectivity index (χ1) is 19.0. The molecule has 1 amide bonds. The van der Waals surface area contributed by atoms with Crippen LogP contribution < -0.4 is 30.3 Å².